The van der Waals surface area contributed by atoms with Crippen molar-refractivity contribution in [2.24, 2.45) is 5.92 Å². The molecule has 0 aliphatic carbocycles. The lowest BCUT2D eigenvalue weighted by molar-refractivity contribution is 0.199. The largest absolute Gasteiger partial charge is 0.493 e. The molecule has 0 unspecified atom stereocenters. The Balaban J connectivity index is 0.00000200. The monoisotopic (exact) mass is 298 g/mol. The van der Waals surface area contributed by atoms with Crippen LogP contribution in [0.5, 0.6) is 5.75 Å². The van der Waals surface area contributed by atoms with Crippen LogP contribution in [0.15, 0.2) is 24.3 Å². The fraction of sp³-hybridized carbons (Fsp3) is 0.625. The standard InChI is InChI=1S/C16H26N2O.ClH/c1-13(2)12-19-16-6-4-15(5-7-16)11-18-9-8-17-14(3)10-18;/h4-7,13-14,17H,8-12H2,1-3H3;1H/t14-;/m0./s1. The maximum absolute atomic E-state index is 5.71. The van der Waals surface area contributed by atoms with E-state index in [1.54, 1.807) is 0 Å². The topological polar surface area (TPSA) is 24.5 Å². The van der Waals surface area contributed by atoms with Gasteiger partial charge in [-0.25, -0.2) is 0 Å². The van der Waals surface area contributed by atoms with Gasteiger partial charge in [0, 0.05) is 32.2 Å². The van der Waals surface area contributed by atoms with Crippen molar-refractivity contribution >= 4 is 12.4 Å². The van der Waals surface area contributed by atoms with Gasteiger partial charge in [0.15, 0.2) is 0 Å². The molecule has 3 nitrogen and oxygen atoms in total. The summed E-state index contributed by atoms with van der Waals surface area (Å²) in [4.78, 5) is 2.51. The molecule has 1 aromatic carbocycles. The molecular formula is C16H27ClN2O. The summed E-state index contributed by atoms with van der Waals surface area (Å²) >= 11 is 0. The molecule has 1 aliphatic heterocycles. The first kappa shape index (κ1) is 17.3. The van der Waals surface area contributed by atoms with Crippen molar-refractivity contribution in [1.29, 1.82) is 0 Å². The molecule has 0 aromatic heterocycles. The molecule has 2 rings (SSSR count). The molecule has 1 saturated heterocycles. The molecular weight excluding hydrogens is 272 g/mol. The Morgan fingerprint density at radius 1 is 1.30 bits per heavy atom. The second kappa shape index (κ2) is 8.50. The van der Waals surface area contributed by atoms with Crippen LogP contribution >= 0.6 is 12.4 Å². The maximum atomic E-state index is 5.71. The van der Waals surface area contributed by atoms with Crippen molar-refractivity contribution in [2.75, 3.05) is 26.2 Å². The quantitative estimate of drug-likeness (QED) is 0.904. The van der Waals surface area contributed by atoms with E-state index in [-0.39, 0.29) is 12.4 Å². The highest BCUT2D eigenvalue weighted by atomic mass is 35.5. The molecule has 0 bridgehead atoms. The molecule has 4 heteroatoms. The zero-order valence-electron chi connectivity index (χ0n) is 12.8. The van der Waals surface area contributed by atoms with Crippen LogP contribution in [0.3, 0.4) is 0 Å². The molecule has 0 spiro atoms. The van der Waals surface area contributed by atoms with Crippen LogP contribution < -0.4 is 10.1 Å². The summed E-state index contributed by atoms with van der Waals surface area (Å²) in [7, 11) is 0. The molecule has 0 saturated carbocycles. The number of hydrogen-bond donors (Lipinski definition) is 1. The minimum absolute atomic E-state index is 0. The molecule has 1 aromatic rings. The van der Waals surface area contributed by atoms with Crippen LogP contribution in [0.4, 0.5) is 0 Å². The lowest BCUT2D eigenvalue weighted by Gasteiger charge is -2.31. The van der Waals surface area contributed by atoms with Crippen molar-refractivity contribution < 1.29 is 4.74 Å². The maximum Gasteiger partial charge on any atom is 0.119 e. The average Bonchev–Trinajstić information content (AvgIpc) is 2.38. The SMILES string of the molecule is CC(C)COc1ccc(CN2CCN[C@@H](C)C2)cc1.Cl. The first-order valence-corrected chi connectivity index (χ1v) is 7.31. The minimum Gasteiger partial charge on any atom is -0.493 e. The predicted octanol–water partition coefficient (Wildman–Crippen LogP) is 2.94. The predicted molar refractivity (Wildman–Crippen MR) is 86.8 cm³/mol. The summed E-state index contributed by atoms with van der Waals surface area (Å²) < 4.78 is 5.71. The second-order valence-electron chi connectivity index (χ2n) is 5.94. The van der Waals surface area contributed by atoms with E-state index >= 15 is 0 Å². The molecule has 1 aliphatic rings. The number of nitrogens with zero attached hydrogens (tertiary/aromatic N) is 1. The first-order valence-electron chi connectivity index (χ1n) is 7.31. The summed E-state index contributed by atoms with van der Waals surface area (Å²) in [5.41, 5.74) is 1.37. The fourth-order valence-electron chi connectivity index (χ4n) is 2.37. The van der Waals surface area contributed by atoms with Gasteiger partial charge in [-0.3, -0.25) is 4.90 Å². The van der Waals surface area contributed by atoms with Crippen LogP contribution in [-0.4, -0.2) is 37.2 Å². The van der Waals surface area contributed by atoms with Gasteiger partial charge in [0.05, 0.1) is 6.61 Å². The van der Waals surface area contributed by atoms with Crippen molar-refractivity contribution in [3.05, 3.63) is 29.8 Å². The average molecular weight is 299 g/mol. The summed E-state index contributed by atoms with van der Waals surface area (Å²) in [5.74, 6) is 1.55. The summed E-state index contributed by atoms with van der Waals surface area (Å²) in [5, 5.41) is 3.47. The summed E-state index contributed by atoms with van der Waals surface area (Å²) in [6.45, 7) is 11.8. The van der Waals surface area contributed by atoms with Crippen molar-refractivity contribution in [3.8, 4) is 5.75 Å². The van der Waals surface area contributed by atoms with Gasteiger partial charge in [-0.05, 0) is 30.5 Å². The summed E-state index contributed by atoms with van der Waals surface area (Å²) in [6, 6.07) is 9.14. The number of benzene rings is 1. The van der Waals surface area contributed by atoms with Gasteiger partial charge < -0.3 is 10.1 Å². The molecule has 1 heterocycles. The van der Waals surface area contributed by atoms with Gasteiger partial charge in [0.2, 0.25) is 0 Å². The zero-order chi connectivity index (χ0) is 13.7. The van der Waals surface area contributed by atoms with E-state index in [0.29, 0.717) is 12.0 Å². The Bertz CT molecular complexity index is 381. The third kappa shape index (κ3) is 5.70. The van der Waals surface area contributed by atoms with Crippen molar-refractivity contribution in [1.82, 2.24) is 10.2 Å². The highest BCUT2D eigenvalue weighted by molar-refractivity contribution is 5.85. The third-order valence-corrected chi connectivity index (χ3v) is 3.37. The molecule has 0 amide bonds. The van der Waals surface area contributed by atoms with E-state index in [4.69, 9.17) is 4.74 Å². The fourth-order valence-corrected chi connectivity index (χ4v) is 2.37. The lowest BCUT2D eigenvalue weighted by atomic mass is 10.1. The van der Waals surface area contributed by atoms with Gasteiger partial charge in [0.25, 0.3) is 0 Å². The smallest absolute Gasteiger partial charge is 0.119 e. The van der Waals surface area contributed by atoms with E-state index < -0.39 is 0 Å². The number of ether oxygens (including phenoxy) is 1. The Morgan fingerprint density at radius 3 is 2.60 bits per heavy atom. The molecule has 20 heavy (non-hydrogen) atoms. The van der Waals surface area contributed by atoms with E-state index in [9.17, 15) is 0 Å². The van der Waals surface area contributed by atoms with E-state index in [0.717, 1.165) is 38.5 Å². The number of hydrogen-bond acceptors (Lipinski definition) is 3. The number of nitrogens with one attached hydrogen (secondary N) is 1. The Morgan fingerprint density at radius 2 is 2.00 bits per heavy atom. The molecule has 1 fully saturated rings. The van der Waals surface area contributed by atoms with E-state index in [1.807, 2.05) is 0 Å². The highest BCUT2D eigenvalue weighted by Crippen LogP contribution is 2.15. The van der Waals surface area contributed by atoms with E-state index in [2.05, 4.69) is 55.3 Å². The van der Waals surface area contributed by atoms with Crippen LogP contribution in [0.25, 0.3) is 0 Å². The Hall–Kier alpha value is -0.770. The number of halogens is 1. The van der Waals surface area contributed by atoms with Crippen LogP contribution in [0.1, 0.15) is 26.3 Å². The van der Waals surface area contributed by atoms with E-state index in [1.165, 1.54) is 5.56 Å². The van der Waals surface area contributed by atoms with Gasteiger partial charge in [0.1, 0.15) is 5.75 Å². The van der Waals surface area contributed by atoms with Crippen molar-refractivity contribution in [3.63, 3.8) is 0 Å². The van der Waals surface area contributed by atoms with Crippen molar-refractivity contribution in [2.45, 2.75) is 33.4 Å². The molecule has 1 N–H and O–H groups in total. The Kier molecular flexibility index (Phi) is 7.35. The van der Waals surface area contributed by atoms with Gasteiger partial charge in [-0.1, -0.05) is 26.0 Å². The molecule has 1 atom stereocenters. The van der Waals surface area contributed by atoms with Crippen LogP contribution in [0.2, 0.25) is 0 Å². The van der Waals surface area contributed by atoms with Crippen LogP contribution in [-0.2, 0) is 6.54 Å². The highest BCUT2D eigenvalue weighted by Gasteiger charge is 2.15. The van der Waals surface area contributed by atoms with Crippen LogP contribution in [0, 0.1) is 5.92 Å². The lowest BCUT2D eigenvalue weighted by Crippen LogP contribution is -2.48. The number of piperazine rings is 1. The van der Waals surface area contributed by atoms with Gasteiger partial charge in [-0.15, -0.1) is 12.4 Å². The normalized spacial score (nSPS) is 19.7. The number of rotatable bonds is 5. The second-order valence-corrected chi connectivity index (χ2v) is 5.94. The molecule has 0 radical (unpaired) electrons. The first-order chi connectivity index (χ1) is 9.13. The molecule has 114 valence electrons. The third-order valence-electron chi connectivity index (χ3n) is 3.37. The Labute approximate surface area is 129 Å². The minimum atomic E-state index is 0. The zero-order valence-corrected chi connectivity index (χ0v) is 13.6. The summed E-state index contributed by atoms with van der Waals surface area (Å²) in [6.07, 6.45) is 0. The van der Waals surface area contributed by atoms with Gasteiger partial charge in [-0.2, -0.15) is 0 Å². The van der Waals surface area contributed by atoms with Gasteiger partial charge >= 0.3 is 0 Å².